The molecule has 0 heterocycles. The van der Waals surface area contributed by atoms with Gasteiger partial charge < -0.3 is 18.9 Å². The smallest absolute Gasteiger partial charge is 0.339 e. The molecular formula is C26H24O7. The van der Waals surface area contributed by atoms with Crippen molar-refractivity contribution in [3.8, 4) is 17.2 Å². The summed E-state index contributed by atoms with van der Waals surface area (Å²) in [5, 5.41) is 0. The Labute approximate surface area is 191 Å². The highest BCUT2D eigenvalue weighted by Gasteiger charge is 2.22. The van der Waals surface area contributed by atoms with Gasteiger partial charge in [-0.15, -0.1) is 0 Å². The van der Waals surface area contributed by atoms with Gasteiger partial charge >= 0.3 is 5.97 Å². The summed E-state index contributed by atoms with van der Waals surface area (Å²) >= 11 is 0. The predicted molar refractivity (Wildman–Crippen MR) is 122 cm³/mol. The highest BCUT2D eigenvalue weighted by Crippen LogP contribution is 2.38. The molecular weight excluding hydrogens is 424 g/mol. The standard InChI is InChI=1S/C26H24O7/c1-16-9-11-17(12-10-16)24(28)19-7-5-6-8-20(19)26(29)33-15-21(27)18-13-22(30-2)25(32-4)23(14-18)31-3/h5-14H,15H2,1-4H3. The van der Waals surface area contributed by atoms with E-state index in [-0.39, 0.29) is 22.5 Å². The second-order valence-electron chi connectivity index (χ2n) is 7.15. The van der Waals surface area contributed by atoms with Crippen molar-refractivity contribution in [2.75, 3.05) is 27.9 Å². The number of benzene rings is 3. The molecule has 0 aliphatic carbocycles. The Morgan fingerprint density at radius 1 is 0.727 bits per heavy atom. The van der Waals surface area contributed by atoms with Crippen molar-refractivity contribution in [1.82, 2.24) is 0 Å². The van der Waals surface area contributed by atoms with Crippen LogP contribution in [0.2, 0.25) is 0 Å². The van der Waals surface area contributed by atoms with Gasteiger partial charge in [0.1, 0.15) is 0 Å². The van der Waals surface area contributed by atoms with Crippen molar-refractivity contribution < 1.29 is 33.3 Å². The molecule has 33 heavy (non-hydrogen) atoms. The van der Waals surface area contributed by atoms with Crippen LogP contribution in [0.5, 0.6) is 17.2 Å². The molecule has 0 amide bonds. The van der Waals surface area contributed by atoms with Crippen LogP contribution in [-0.2, 0) is 4.74 Å². The van der Waals surface area contributed by atoms with E-state index in [0.29, 0.717) is 22.8 Å². The average Bonchev–Trinajstić information content (AvgIpc) is 2.86. The van der Waals surface area contributed by atoms with Crippen LogP contribution >= 0.6 is 0 Å². The Morgan fingerprint density at radius 3 is 1.85 bits per heavy atom. The number of rotatable bonds is 9. The largest absolute Gasteiger partial charge is 0.493 e. The first-order valence-electron chi connectivity index (χ1n) is 10.1. The zero-order chi connectivity index (χ0) is 24.0. The van der Waals surface area contributed by atoms with E-state index < -0.39 is 18.4 Å². The minimum absolute atomic E-state index is 0.0840. The van der Waals surface area contributed by atoms with Gasteiger partial charge in [-0.05, 0) is 25.1 Å². The molecule has 0 N–H and O–H groups in total. The maximum atomic E-state index is 12.9. The van der Waals surface area contributed by atoms with Crippen LogP contribution in [0.25, 0.3) is 0 Å². The number of esters is 1. The Morgan fingerprint density at radius 2 is 1.30 bits per heavy atom. The van der Waals surface area contributed by atoms with Crippen molar-refractivity contribution >= 4 is 17.5 Å². The number of hydrogen-bond donors (Lipinski definition) is 0. The molecule has 0 fully saturated rings. The number of aryl methyl sites for hydroxylation is 1. The van der Waals surface area contributed by atoms with Crippen molar-refractivity contribution in [2.45, 2.75) is 6.92 Å². The van der Waals surface area contributed by atoms with Crippen LogP contribution in [-0.4, -0.2) is 45.5 Å². The molecule has 0 aromatic heterocycles. The first-order valence-corrected chi connectivity index (χ1v) is 10.1. The first-order chi connectivity index (χ1) is 15.9. The van der Waals surface area contributed by atoms with E-state index in [9.17, 15) is 14.4 Å². The van der Waals surface area contributed by atoms with E-state index in [0.717, 1.165) is 5.56 Å². The molecule has 3 aromatic rings. The van der Waals surface area contributed by atoms with E-state index in [1.165, 1.54) is 39.5 Å². The van der Waals surface area contributed by atoms with Gasteiger partial charge in [0, 0.05) is 16.7 Å². The Kier molecular flexibility index (Phi) is 7.46. The summed E-state index contributed by atoms with van der Waals surface area (Å²) in [7, 11) is 4.33. The molecule has 170 valence electrons. The highest BCUT2D eigenvalue weighted by atomic mass is 16.5. The lowest BCUT2D eigenvalue weighted by Crippen LogP contribution is -2.17. The topological polar surface area (TPSA) is 88.1 Å². The fourth-order valence-electron chi connectivity index (χ4n) is 3.25. The van der Waals surface area contributed by atoms with Gasteiger partial charge in [0.05, 0.1) is 26.9 Å². The Bertz CT molecular complexity index is 1150. The van der Waals surface area contributed by atoms with Crippen molar-refractivity contribution in [3.63, 3.8) is 0 Å². The highest BCUT2D eigenvalue weighted by molar-refractivity contribution is 6.14. The van der Waals surface area contributed by atoms with Gasteiger partial charge in [-0.25, -0.2) is 4.79 Å². The average molecular weight is 448 g/mol. The van der Waals surface area contributed by atoms with E-state index in [1.54, 1.807) is 30.3 Å². The fraction of sp³-hybridized carbons (Fsp3) is 0.192. The molecule has 3 aromatic carbocycles. The van der Waals surface area contributed by atoms with Gasteiger partial charge in [-0.1, -0.05) is 48.0 Å². The van der Waals surface area contributed by atoms with Gasteiger partial charge in [0.25, 0.3) is 0 Å². The number of ketones is 2. The molecule has 0 bridgehead atoms. The van der Waals surface area contributed by atoms with Crippen molar-refractivity contribution in [2.24, 2.45) is 0 Å². The summed E-state index contributed by atoms with van der Waals surface area (Å²) in [6, 6.07) is 16.4. The number of carbonyl (C=O) groups is 3. The van der Waals surface area contributed by atoms with E-state index in [1.807, 2.05) is 19.1 Å². The lowest BCUT2D eigenvalue weighted by Gasteiger charge is -2.14. The zero-order valence-electron chi connectivity index (χ0n) is 18.8. The predicted octanol–water partition coefficient (Wildman–Crippen LogP) is 4.29. The van der Waals surface area contributed by atoms with Crippen LogP contribution in [0, 0.1) is 6.92 Å². The van der Waals surface area contributed by atoms with Gasteiger partial charge in [-0.2, -0.15) is 0 Å². The summed E-state index contributed by atoms with van der Waals surface area (Å²) in [5.41, 5.74) is 1.98. The normalized spacial score (nSPS) is 10.3. The van der Waals surface area contributed by atoms with E-state index >= 15 is 0 Å². The first kappa shape index (κ1) is 23.5. The van der Waals surface area contributed by atoms with Crippen molar-refractivity contribution in [3.05, 3.63) is 88.5 Å². The minimum Gasteiger partial charge on any atom is -0.493 e. The molecule has 0 aliphatic rings. The lowest BCUT2D eigenvalue weighted by atomic mass is 9.98. The summed E-state index contributed by atoms with van der Waals surface area (Å²) < 4.78 is 21.0. The fourth-order valence-corrected chi connectivity index (χ4v) is 3.25. The van der Waals surface area contributed by atoms with Gasteiger partial charge in [0.15, 0.2) is 23.9 Å². The number of methoxy groups -OCH3 is 3. The molecule has 0 aliphatic heterocycles. The number of Topliss-reactive ketones (excluding diaryl/α,β-unsaturated/α-hetero) is 1. The molecule has 0 spiro atoms. The summed E-state index contributed by atoms with van der Waals surface area (Å²) in [6.45, 7) is 1.40. The molecule has 3 rings (SSSR count). The quantitative estimate of drug-likeness (QED) is 0.356. The maximum Gasteiger partial charge on any atom is 0.339 e. The van der Waals surface area contributed by atoms with Crippen LogP contribution in [0.15, 0.2) is 60.7 Å². The molecule has 0 atom stereocenters. The summed E-state index contributed by atoms with van der Waals surface area (Å²) in [5.74, 6) is -0.589. The summed E-state index contributed by atoms with van der Waals surface area (Å²) in [4.78, 5) is 38.4. The second kappa shape index (κ2) is 10.5. The van der Waals surface area contributed by atoms with Crippen LogP contribution < -0.4 is 14.2 Å². The molecule has 7 nitrogen and oxygen atoms in total. The molecule has 7 heteroatoms. The lowest BCUT2D eigenvalue weighted by molar-refractivity contribution is 0.0473. The van der Waals surface area contributed by atoms with Crippen LogP contribution in [0.3, 0.4) is 0 Å². The number of hydrogen-bond acceptors (Lipinski definition) is 7. The van der Waals surface area contributed by atoms with E-state index in [2.05, 4.69) is 0 Å². The third-order valence-electron chi connectivity index (χ3n) is 5.03. The van der Waals surface area contributed by atoms with E-state index in [4.69, 9.17) is 18.9 Å². The monoisotopic (exact) mass is 448 g/mol. The molecule has 0 saturated carbocycles. The van der Waals surface area contributed by atoms with Crippen molar-refractivity contribution in [1.29, 1.82) is 0 Å². The Balaban J connectivity index is 1.79. The van der Waals surface area contributed by atoms with Gasteiger partial charge in [-0.3, -0.25) is 9.59 Å². The summed E-state index contributed by atoms with van der Waals surface area (Å²) in [6.07, 6.45) is 0. The van der Waals surface area contributed by atoms with Gasteiger partial charge in [0.2, 0.25) is 11.5 Å². The van der Waals surface area contributed by atoms with Crippen LogP contribution in [0.4, 0.5) is 0 Å². The maximum absolute atomic E-state index is 12.9. The number of carbonyl (C=O) groups excluding carboxylic acids is 3. The van der Waals surface area contributed by atoms with Crippen LogP contribution in [0.1, 0.15) is 42.2 Å². The number of ether oxygens (including phenoxy) is 4. The molecule has 0 radical (unpaired) electrons. The second-order valence-corrected chi connectivity index (χ2v) is 7.15. The Hall–Kier alpha value is -4.13. The molecule has 0 unspecified atom stereocenters. The SMILES string of the molecule is COc1cc(C(=O)COC(=O)c2ccccc2C(=O)c2ccc(C)cc2)cc(OC)c1OC. The molecule has 0 saturated heterocycles. The third-order valence-corrected chi connectivity index (χ3v) is 5.03. The zero-order valence-corrected chi connectivity index (χ0v) is 18.8. The third kappa shape index (κ3) is 5.20. The minimum atomic E-state index is -0.771.